The first-order chi connectivity index (χ1) is 5.47. The summed E-state index contributed by atoms with van der Waals surface area (Å²) < 4.78 is 10.4. The second-order valence-electron chi connectivity index (χ2n) is 2.55. The van der Waals surface area contributed by atoms with Gasteiger partial charge in [-0.1, -0.05) is 30.3 Å². The smallest absolute Gasteiger partial charge is 0.147 e. The van der Waals surface area contributed by atoms with Crippen LogP contribution in [0.5, 0.6) is 0 Å². The standard InChI is InChI=1S/C9H10O2/c1-2-4-8(5-3-1)9-6-10-7-11-9/h1-5,9H,6-7H2. The summed E-state index contributed by atoms with van der Waals surface area (Å²) >= 11 is 0. The Hall–Kier alpha value is -0.860. The van der Waals surface area contributed by atoms with Crippen molar-refractivity contribution in [1.29, 1.82) is 0 Å². The van der Waals surface area contributed by atoms with Gasteiger partial charge in [0.05, 0.1) is 6.61 Å². The fourth-order valence-corrected chi connectivity index (χ4v) is 1.19. The van der Waals surface area contributed by atoms with Gasteiger partial charge in [0.25, 0.3) is 0 Å². The van der Waals surface area contributed by atoms with Crippen molar-refractivity contribution in [1.82, 2.24) is 0 Å². The lowest BCUT2D eigenvalue weighted by Crippen LogP contribution is -1.98. The van der Waals surface area contributed by atoms with E-state index in [1.807, 2.05) is 18.2 Å². The summed E-state index contributed by atoms with van der Waals surface area (Å²) in [5, 5.41) is 0. The first-order valence-corrected chi connectivity index (χ1v) is 3.71. The van der Waals surface area contributed by atoms with Gasteiger partial charge in [-0.15, -0.1) is 0 Å². The molecule has 0 bridgehead atoms. The molecular weight excluding hydrogens is 140 g/mol. The van der Waals surface area contributed by atoms with Crippen LogP contribution in [0.1, 0.15) is 11.7 Å². The van der Waals surface area contributed by atoms with Crippen LogP contribution in [-0.2, 0) is 9.47 Å². The number of rotatable bonds is 1. The summed E-state index contributed by atoms with van der Waals surface area (Å²) in [5.74, 6) is 0. The lowest BCUT2D eigenvalue weighted by atomic mass is 10.1. The van der Waals surface area contributed by atoms with Crippen LogP contribution in [0, 0.1) is 0 Å². The van der Waals surface area contributed by atoms with Gasteiger partial charge in [0.1, 0.15) is 12.9 Å². The van der Waals surface area contributed by atoms with Crippen molar-refractivity contribution in [2.24, 2.45) is 0 Å². The van der Waals surface area contributed by atoms with Gasteiger partial charge in [-0.2, -0.15) is 0 Å². The molecule has 1 saturated heterocycles. The lowest BCUT2D eigenvalue weighted by molar-refractivity contribution is 0.0466. The first kappa shape index (κ1) is 6.83. The molecule has 1 heterocycles. The maximum absolute atomic E-state index is 5.32. The Labute approximate surface area is 65.7 Å². The fraction of sp³-hybridized carbons (Fsp3) is 0.333. The zero-order valence-electron chi connectivity index (χ0n) is 6.19. The van der Waals surface area contributed by atoms with Crippen LogP contribution in [0.3, 0.4) is 0 Å². The summed E-state index contributed by atoms with van der Waals surface area (Å²) in [7, 11) is 0. The molecule has 1 atom stereocenters. The second kappa shape index (κ2) is 3.03. The molecule has 11 heavy (non-hydrogen) atoms. The van der Waals surface area contributed by atoms with Crippen LogP contribution in [0.25, 0.3) is 0 Å². The molecule has 0 spiro atoms. The molecule has 1 aliphatic heterocycles. The van der Waals surface area contributed by atoms with Crippen molar-refractivity contribution in [3.8, 4) is 0 Å². The van der Waals surface area contributed by atoms with Gasteiger partial charge in [0, 0.05) is 0 Å². The number of hydrogen-bond donors (Lipinski definition) is 0. The topological polar surface area (TPSA) is 18.5 Å². The van der Waals surface area contributed by atoms with Crippen molar-refractivity contribution < 1.29 is 9.47 Å². The van der Waals surface area contributed by atoms with E-state index in [4.69, 9.17) is 9.47 Å². The molecule has 1 unspecified atom stereocenters. The van der Waals surface area contributed by atoms with Crippen LogP contribution >= 0.6 is 0 Å². The predicted molar refractivity (Wildman–Crippen MR) is 41.1 cm³/mol. The zero-order valence-corrected chi connectivity index (χ0v) is 6.19. The quantitative estimate of drug-likeness (QED) is 0.607. The van der Waals surface area contributed by atoms with Gasteiger partial charge in [-0.05, 0) is 5.56 Å². The monoisotopic (exact) mass is 150 g/mol. The van der Waals surface area contributed by atoms with E-state index in [1.54, 1.807) is 0 Å². The molecule has 0 aromatic heterocycles. The Morgan fingerprint density at radius 3 is 2.64 bits per heavy atom. The van der Waals surface area contributed by atoms with Gasteiger partial charge in [0.2, 0.25) is 0 Å². The summed E-state index contributed by atoms with van der Waals surface area (Å²) in [5.41, 5.74) is 1.20. The summed E-state index contributed by atoms with van der Waals surface area (Å²) in [6.45, 7) is 1.11. The van der Waals surface area contributed by atoms with E-state index < -0.39 is 0 Å². The molecule has 0 amide bonds. The van der Waals surface area contributed by atoms with E-state index >= 15 is 0 Å². The maximum Gasteiger partial charge on any atom is 0.147 e. The summed E-state index contributed by atoms with van der Waals surface area (Å²) in [6.07, 6.45) is 0.149. The average Bonchev–Trinajstić information content (AvgIpc) is 2.58. The average molecular weight is 150 g/mol. The predicted octanol–water partition coefficient (Wildman–Crippen LogP) is 1.73. The Balaban J connectivity index is 2.16. The van der Waals surface area contributed by atoms with Gasteiger partial charge in [-0.3, -0.25) is 0 Å². The first-order valence-electron chi connectivity index (χ1n) is 3.71. The zero-order chi connectivity index (χ0) is 7.52. The molecule has 2 heteroatoms. The van der Waals surface area contributed by atoms with Crippen LogP contribution in [0.2, 0.25) is 0 Å². The molecular formula is C9H10O2. The molecule has 1 aromatic rings. The Kier molecular flexibility index (Phi) is 1.88. The maximum atomic E-state index is 5.32. The number of ether oxygens (including phenoxy) is 2. The van der Waals surface area contributed by atoms with E-state index in [1.165, 1.54) is 5.56 Å². The van der Waals surface area contributed by atoms with E-state index in [2.05, 4.69) is 12.1 Å². The van der Waals surface area contributed by atoms with Crippen molar-refractivity contribution >= 4 is 0 Å². The van der Waals surface area contributed by atoms with Crippen LogP contribution in [-0.4, -0.2) is 13.4 Å². The van der Waals surface area contributed by atoms with Crippen molar-refractivity contribution in [2.75, 3.05) is 13.4 Å². The molecule has 2 rings (SSSR count). The Morgan fingerprint density at radius 1 is 1.18 bits per heavy atom. The van der Waals surface area contributed by atoms with Gasteiger partial charge in [0.15, 0.2) is 0 Å². The minimum absolute atomic E-state index is 0.149. The molecule has 0 radical (unpaired) electrons. The largest absolute Gasteiger partial charge is 0.352 e. The molecule has 2 nitrogen and oxygen atoms in total. The van der Waals surface area contributed by atoms with Crippen LogP contribution in [0.4, 0.5) is 0 Å². The molecule has 1 aromatic carbocycles. The highest BCUT2D eigenvalue weighted by molar-refractivity contribution is 5.17. The van der Waals surface area contributed by atoms with Crippen molar-refractivity contribution in [3.63, 3.8) is 0 Å². The van der Waals surface area contributed by atoms with Gasteiger partial charge >= 0.3 is 0 Å². The summed E-state index contributed by atoms with van der Waals surface area (Å²) in [4.78, 5) is 0. The van der Waals surface area contributed by atoms with E-state index in [0.29, 0.717) is 13.4 Å². The molecule has 0 N–H and O–H groups in total. The third-order valence-corrected chi connectivity index (χ3v) is 1.79. The lowest BCUT2D eigenvalue weighted by Gasteiger charge is -2.05. The number of hydrogen-bond acceptors (Lipinski definition) is 2. The third kappa shape index (κ3) is 1.42. The number of benzene rings is 1. The van der Waals surface area contributed by atoms with Crippen LogP contribution in [0.15, 0.2) is 30.3 Å². The molecule has 1 aliphatic rings. The Morgan fingerprint density at radius 2 is 2.00 bits per heavy atom. The van der Waals surface area contributed by atoms with Gasteiger partial charge in [-0.25, -0.2) is 0 Å². The Bertz CT molecular complexity index is 214. The second-order valence-corrected chi connectivity index (χ2v) is 2.55. The highest BCUT2D eigenvalue weighted by atomic mass is 16.7. The molecule has 0 saturated carbocycles. The third-order valence-electron chi connectivity index (χ3n) is 1.79. The minimum atomic E-state index is 0.149. The fourth-order valence-electron chi connectivity index (χ4n) is 1.19. The summed E-state index contributed by atoms with van der Waals surface area (Å²) in [6, 6.07) is 10.1. The molecule has 0 aliphatic carbocycles. The highest BCUT2D eigenvalue weighted by Gasteiger charge is 2.16. The molecule has 58 valence electrons. The van der Waals surface area contributed by atoms with E-state index in [-0.39, 0.29) is 6.10 Å². The SMILES string of the molecule is c1ccc(C2COCO2)cc1. The van der Waals surface area contributed by atoms with E-state index in [9.17, 15) is 0 Å². The van der Waals surface area contributed by atoms with Crippen LogP contribution < -0.4 is 0 Å². The molecule has 1 fully saturated rings. The normalized spacial score (nSPS) is 23.8. The highest BCUT2D eigenvalue weighted by Crippen LogP contribution is 2.21. The minimum Gasteiger partial charge on any atom is -0.352 e. The van der Waals surface area contributed by atoms with Crippen molar-refractivity contribution in [3.05, 3.63) is 35.9 Å². The van der Waals surface area contributed by atoms with Gasteiger partial charge < -0.3 is 9.47 Å². The van der Waals surface area contributed by atoms with Crippen molar-refractivity contribution in [2.45, 2.75) is 6.10 Å². The van der Waals surface area contributed by atoms with E-state index in [0.717, 1.165) is 0 Å².